The number of fused-ring (bicyclic) bond motifs is 3. The summed E-state index contributed by atoms with van der Waals surface area (Å²) in [7, 11) is 2.16. The van der Waals surface area contributed by atoms with Crippen molar-refractivity contribution in [2.24, 2.45) is 18.9 Å². The number of alkyl carbamates (subject to hydrolysis) is 1. The van der Waals surface area contributed by atoms with Crippen molar-refractivity contribution >= 4 is 22.9 Å². The van der Waals surface area contributed by atoms with Crippen LogP contribution in [0.3, 0.4) is 0 Å². The van der Waals surface area contributed by atoms with Gasteiger partial charge in [-0.05, 0) is 94.9 Å². The lowest BCUT2D eigenvalue weighted by Gasteiger charge is -2.33. The molecule has 0 spiro atoms. The fraction of sp³-hybridized carbons (Fsp3) is 0.643. The Labute approximate surface area is 208 Å². The van der Waals surface area contributed by atoms with E-state index >= 15 is 0 Å². The summed E-state index contributed by atoms with van der Waals surface area (Å²) in [6, 6.07) is 6.09. The molecule has 5 rings (SSSR count). The summed E-state index contributed by atoms with van der Waals surface area (Å²) in [6.07, 6.45) is 6.10. The first-order chi connectivity index (χ1) is 16.7. The summed E-state index contributed by atoms with van der Waals surface area (Å²) in [4.78, 5) is 27.4. The van der Waals surface area contributed by atoms with Crippen molar-refractivity contribution in [2.75, 3.05) is 26.3 Å². The highest BCUT2D eigenvalue weighted by atomic mass is 16.6. The zero-order valence-electron chi connectivity index (χ0n) is 21.6. The van der Waals surface area contributed by atoms with Crippen molar-refractivity contribution in [1.29, 1.82) is 0 Å². The number of carbonyl (C=O) groups is 2. The predicted octanol–water partition coefficient (Wildman–Crippen LogP) is 4.45. The van der Waals surface area contributed by atoms with Crippen LogP contribution in [0.1, 0.15) is 68.1 Å². The van der Waals surface area contributed by atoms with Crippen LogP contribution in [0.15, 0.2) is 18.2 Å². The molecule has 7 heteroatoms. The molecule has 1 N–H and O–H groups in total. The third-order valence-electron chi connectivity index (χ3n) is 8.03. The van der Waals surface area contributed by atoms with Crippen LogP contribution >= 0.6 is 0 Å². The van der Waals surface area contributed by atoms with Crippen molar-refractivity contribution in [2.45, 2.75) is 70.9 Å². The number of aromatic nitrogens is 1. The van der Waals surface area contributed by atoms with E-state index in [1.165, 1.54) is 41.4 Å². The van der Waals surface area contributed by atoms with Gasteiger partial charge in [-0.15, -0.1) is 0 Å². The van der Waals surface area contributed by atoms with Crippen molar-refractivity contribution in [3.63, 3.8) is 0 Å². The van der Waals surface area contributed by atoms with Gasteiger partial charge >= 0.3 is 6.09 Å². The Bertz CT molecular complexity index is 1110. The zero-order chi connectivity index (χ0) is 24.7. The lowest BCUT2D eigenvalue weighted by molar-refractivity contribution is 0.0439. The van der Waals surface area contributed by atoms with Crippen LogP contribution in [0.4, 0.5) is 4.79 Å². The van der Waals surface area contributed by atoms with Gasteiger partial charge in [-0.3, -0.25) is 4.79 Å². The number of hydrogen-bond donors (Lipinski definition) is 1. The van der Waals surface area contributed by atoms with Gasteiger partial charge < -0.3 is 24.3 Å². The molecule has 1 aliphatic carbocycles. The van der Waals surface area contributed by atoms with E-state index in [-0.39, 0.29) is 11.9 Å². The predicted molar refractivity (Wildman–Crippen MR) is 136 cm³/mol. The van der Waals surface area contributed by atoms with E-state index in [4.69, 9.17) is 9.47 Å². The SMILES string of the molecule is Cn1c2c(c3cc(C(=O)N4CC[C@H](NC(=O)OC(C)(C)C)C4)ccc31)CC(C1CCOCC1)CC2. The van der Waals surface area contributed by atoms with Gasteiger partial charge in [-0.1, -0.05) is 0 Å². The molecule has 2 aromatic rings. The molecular weight excluding hydrogens is 442 g/mol. The molecule has 2 amide bonds. The Morgan fingerprint density at radius 1 is 1.09 bits per heavy atom. The van der Waals surface area contributed by atoms with Crippen molar-refractivity contribution < 1.29 is 19.1 Å². The Kier molecular flexibility index (Phi) is 6.55. The number of ether oxygens (including phenoxy) is 2. The van der Waals surface area contributed by atoms with Crippen LogP contribution in [0, 0.1) is 11.8 Å². The minimum absolute atomic E-state index is 0.0368. The number of nitrogens with zero attached hydrogens (tertiary/aromatic N) is 2. The van der Waals surface area contributed by atoms with Crippen LogP contribution in [0.25, 0.3) is 10.9 Å². The van der Waals surface area contributed by atoms with Crippen molar-refractivity contribution in [3.05, 3.63) is 35.0 Å². The molecule has 3 aliphatic rings. The average molecular weight is 482 g/mol. The monoisotopic (exact) mass is 481 g/mol. The topological polar surface area (TPSA) is 72.8 Å². The second-order valence-corrected chi connectivity index (χ2v) is 11.6. The fourth-order valence-electron chi connectivity index (χ4n) is 6.25. The molecule has 1 aromatic carbocycles. The Hall–Kier alpha value is -2.54. The standard InChI is InChI=1S/C28H39N3O4/c1-28(2,3)35-27(33)29-21-9-12-31(17-21)26(32)20-6-8-25-23(16-20)22-15-19(5-7-24(22)30(25)4)18-10-13-34-14-11-18/h6,8,16,18-19,21H,5,7,9-15,17H2,1-4H3,(H,29,33)/t19?,21-/m0/s1. The Balaban J connectivity index is 1.31. The van der Waals surface area contributed by atoms with Gasteiger partial charge in [-0.2, -0.15) is 0 Å². The minimum atomic E-state index is -0.536. The van der Waals surface area contributed by atoms with E-state index in [1.54, 1.807) is 0 Å². The maximum absolute atomic E-state index is 13.4. The molecule has 0 saturated carbocycles. The van der Waals surface area contributed by atoms with Crippen LogP contribution < -0.4 is 5.32 Å². The van der Waals surface area contributed by atoms with Crippen molar-refractivity contribution in [1.82, 2.24) is 14.8 Å². The van der Waals surface area contributed by atoms with E-state index in [2.05, 4.69) is 29.1 Å². The first-order valence-electron chi connectivity index (χ1n) is 13.2. The number of likely N-dealkylation sites (tertiary alicyclic amines) is 1. The molecule has 2 aliphatic heterocycles. The average Bonchev–Trinajstić information content (AvgIpc) is 3.40. The summed E-state index contributed by atoms with van der Waals surface area (Å²) in [5.41, 5.74) is 4.27. The third kappa shape index (κ3) is 5.06. The van der Waals surface area contributed by atoms with Gasteiger partial charge in [0.25, 0.3) is 5.91 Å². The molecule has 2 saturated heterocycles. The summed E-state index contributed by atoms with van der Waals surface area (Å²) in [5, 5.41) is 4.14. The molecule has 190 valence electrons. The van der Waals surface area contributed by atoms with E-state index < -0.39 is 11.7 Å². The quantitative estimate of drug-likeness (QED) is 0.703. The molecule has 1 aromatic heterocycles. The molecule has 3 heterocycles. The maximum atomic E-state index is 13.4. The van der Waals surface area contributed by atoms with Crippen LogP contribution in [0.5, 0.6) is 0 Å². The largest absolute Gasteiger partial charge is 0.444 e. The second kappa shape index (κ2) is 9.49. The normalized spacial score (nSPS) is 23.4. The van der Waals surface area contributed by atoms with Gasteiger partial charge in [0.15, 0.2) is 0 Å². The summed E-state index contributed by atoms with van der Waals surface area (Å²) in [6.45, 7) is 8.47. The second-order valence-electron chi connectivity index (χ2n) is 11.6. The fourth-order valence-corrected chi connectivity index (χ4v) is 6.25. The summed E-state index contributed by atoms with van der Waals surface area (Å²) in [5.74, 6) is 1.49. The number of rotatable bonds is 3. The Morgan fingerprint density at radius 2 is 1.86 bits per heavy atom. The smallest absolute Gasteiger partial charge is 0.407 e. The van der Waals surface area contributed by atoms with Gasteiger partial charge in [0, 0.05) is 55.5 Å². The molecule has 35 heavy (non-hydrogen) atoms. The van der Waals surface area contributed by atoms with Gasteiger partial charge in [-0.25, -0.2) is 4.79 Å². The zero-order valence-corrected chi connectivity index (χ0v) is 21.6. The van der Waals surface area contributed by atoms with Gasteiger partial charge in [0.2, 0.25) is 0 Å². The molecule has 2 fully saturated rings. The minimum Gasteiger partial charge on any atom is -0.444 e. The lowest BCUT2D eigenvalue weighted by atomic mass is 9.75. The van der Waals surface area contributed by atoms with E-state index in [9.17, 15) is 9.59 Å². The molecule has 2 atom stereocenters. The molecular formula is C28H39N3O4. The lowest BCUT2D eigenvalue weighted by Crippen LogP contribution is -2.41. The molecule has 0 bridgehead atoms. The number of hydrogen-bond acceptors (Lipinski definition) is 4. The Morgan fingerprint density at radius 3 is 2.60 bits per heavy atom. The highest BCUT2D eigenvalue weighted by molar-refractivity contribution is 5.99. The maximum Gasteiger partial charge on any atom is 0.407 e. The summed E-state index contributed by atoms with van der Waals surface area (Å²) >= 11 is 0. The molecule has 1 unspecified atom stereocenters. The van der Waals surface area contributed by atoms with Crippen LogP contribution in [0.2, 0.25) is 0 Å². The molecule has 7 nitrogen and oxygen atoms in total. The van der Waals surface area contributed by atoms with Gasteiger partial charge in [0.1, 0.15) is 5.60 Å². The van der Waals surface area contributed by atoms with Crippen LogP contribution in [-0.4, -0.2) is 59.4 Å². The number of aryl methyl sites for hydroxylation is 1. The number of benzene rings is 1. The third-order valence-corrected chi connectivity index (χ3v) is 8.03. The molecule has 0 radical (unpaired) electrons. The van der Waals surface area contributed by atoms with E-state index in [0.29, 0.717) is 19.0 Å². The van der Waals surface area contributed by atoms with E-state index in [1.807, 2.05) is 31.7 Å². The number of nitrogens with one attached hydrogen (secondary N) is 1. The van der Waals surface area contributed by atoms with E-state index in [0.717, 1.165) is 44.0 Å². The first-order valence-corrected chi connectivity index (χ1v) is 13.2. The van der Waals surface area contributed by atoms with Crippen LogP contribution in [-0.2, 0) is 29.4 Å². The first kappa shape index (κ1) is 24.2. The number of carbonyl (C=O) groups excluding carboxylic acids is 2. The highest BCUT2D eigenvalue weighted by Gasteiger charge is 2.32. The van der Waals surface area contributed by atoms with Gasteiger partial charge in [0.05, 0.1) is 6.04 Å². The van der Waals surface area contributed by atoms with Crippen molar-refractivity contribution in [3.8, 4) is 0 Å². The highest BCUT2D eigenvalue weighted by Crippen LogP contribution is 2.39. The summed E-state index contributed by atoms with van der Waals surface area (Å²) < 4.78 is 13.3. The number of amides is 2.